The van der Waals surface area contributed by atoms with Gasteiger partial charge < -0.3 is 14.8 Å². The monoisotopic (exact) mass is 260 g/mol. The molecule has 0 saturated heterocycles. The molecule has 0 bridgehead atoms. The lowest BCUT2D eigenvalue weighted by Crippen LogP contribution is -2.46. The van der Waals surface area contributed by atoms with Crippen LogP contribution in [-0.2, 0) is 9.47 Å². The lowest BCUT2D eigenvalue weighted by atomic mass is 10.1. The summed E-state index contributed by atoms with van der Waals surface area (Å²) in [5, 5.41) is 3.54. The van der Waals surface area contributed by atoms with E-state index in [4.69, 9.17) is 9.47 Å². The smallest absolute Gasteiger partial charge is 0.0589 e. The van der Waals surface area contributed by atoms with Crippen molar-refractivity contribution in [2.45, 2.75) is 45.7 Å². The number of methoxy groups -OCH3 is 2. The zero-order chi connectivity index (χ0) is 13.8. The van der Waals surface area contributed by atoms with E-state index in [1.54, 1.807) is 14.2 Å². The summed E-state index contributed by atoms with van der Waals surface area (Å²) in [5.74, 6) is 0. The van der Waals surface area contributed by atoms with Crippen molar-refractivity contribution < 1.29 is 9.47 Å². The van der Waals surface area contributed by atoms with Gasteiger partial charge in [0.15, 0.2) is 0 Å². The topological polar surface area (TPSA) is 33.7 Å². The molecule has 1 N–H and O–H groups in total. The van der Waals surface area contributed by atoms with E-state index >= 15 is 0 Å². The number of nitrogens with zero attached hydrogens (tertiary/aromatic N) is 1. The fourth-order valence-corrected chi connectivity index (χ4v) is 2.01. The molecule has 0 aromatic carbocycles. The first-order valence-electron chi connectivity index (χ1n) is 7.11. The van der Waals surface area contributed by atoms with E-state index in [1.807, 2.05) is 0 Å². The summed E-state index contributed by atoms with van der Waals surface area (Å²) in [6.45, 7) is 11.2. The molecule has 0 spiro atoms. The summed E-state index contributed by atoms with van der Waals surface area (Å²) in [4.78, 5) is 2.48. The maximum atomic E-state index is 5.20. The molecule has 0 aliphatic heterocycles. The van der Waals surface area contributed by atoms with Gasteiger partial charge in [-0.15, -0.1) is 0 Å². The molecule has 0 fully saturated rings. The predicted molar refractivity (Wildman–Crippen MR) is 77.2 cm³/mol. The average molecular weight is 260 g/mol. The van der Waals surface area contributed by atoms with Crippen LogP contribution in [0.2, 0.25) is 0 Å². The molecule has 0 amide bonds. The minimum absolute atomic E-state index is 0.538. The van der Waals surface area contributed by atoms with Crippen LogP contribution in [0.4, 0.5) is 0 Å². The van der Waals surface area contributed by atoms with Gasteiger partial charge in [-0.2, -0.15) is 0 Å². The van der Waals surface area contributed by atoms with Crippen molar-refractivity contribution in [1.82, 2.24) is 10.2 Å². The van der Waals surface area contributed by atoms with Crippen LogP contribution >= 0.6 is 0 Å². The molecule has 0 radical (unpaired) electrons. The van der Waals surface area contributed by atoms with Gasteiger partial charge in [0, 0.05) is 45.9 Å². The van der Waals surface area contributed by atoms with E-state index in [1.165, 1.54) is 12.8 Å². The lowest BCUT2D eigenvalue weighted by Gasteiger charge is -2.32. The predicted octanol–water partition coefficient (Wildman–Crippen LogP) is 1.75. The van der Waals surface area contributed by atoms with Crippen LogP contribution in [0, 0.1) is 0 Å². The van der Waals surface area contributed by atoms with E-state index in [2.05, 4.69) is 31.0 Å². The third-order valence-corrected chi connectivity index (χ3v) is 3.07. The normalized spacial score (nSPS) is 13.5. The highest BCUT2D eigenvalue weighted by Gasteiger charge is 2.17. The van der Waals surface area contributed by atoms with Crippen molar-refractivity contribution in [3.05, 3.63) is 0 Å². The Bertz CT molecular complexity index is 169. The van der Waals surface area contributed by atoms with Crippen LogP contribution in [-0.4, -0.2) is 64.1 Å². The number of rotatable bonds is 12. The maximum Gasteiger partial charge on any atom is 0.0589 e. The first-order valence-corrected chi connectivity index (χ1v) is 7.11. The summed E-state index contributed by atoms with van der Waals surface area (Å²) < 4.78 is 10.4. The summed E-state index contributed by atoms with van der Waals surface area (Å²) in [6.07, 6.45) is 2.42. The Morgan fingerprint density at radius 2 is 1.61 bits per heavy atom. The van der Waals surface area contributed by atoms with Crippen LogP contribution in [0.1, 0.15) is 33.6 Å². The van der Waals surface area contributed by atoms with Crippen LogP contribution < -0.4 is 5.32 Å². The summed E-state index contributed by atoms with van der Waals surface area (Å²) in [7, 11) is 3.52. The molecule has 0 aromatic rings. The van der Waals surface area contributed by atoms with Gasteiger partial charge in [0.2, 0.25) is 0 Å². The van der Waals surface area contributed by atoms with E-state index in [-0.39, 0.29) is 0 Å². The second-order valence-electron chi connectivity index (χ2n) is 5.03. The minimum Gasteiger partial charge on any atom is -0.383 e. The largest absolute Gasteiger partial charge is 0.383 e. The van der Waals surface area contributed by atoms with Gasteiger partial charge >= 0.3 is 0 Å². The number of hydrogen-bond donors (Lipinski definition) is 1. The highest BCUT2D eigenvalue weighted by molar-refractivity contribution is 4.75. The molecule has 0 heterocycles. The average Bonchev–Trinajstić information content (AvgIpc) is 2.35. The Hall–Kier alpha value is -0.160. The first kappa shape index (κ1) is 17.8. The molecular weight excluding hydrogens is 228 g/mol. The molecule has 18 heavy (non-hydrogen) atoms. The summed E-state index contributed by atoms with van der Waals surface area (Å²) in [5.41, 5.74) is 0. The summed E-state index contributed by atoms with van der Waals surface area (Å²) >= 11 is 0. The number of hydrogen-bond acceptors (Lipinski definition) is 4. The maximum absolute atomic E-state index is 5.20. The molecule has 4 heteroatoms. The van der Waals surface area contributed by atoms with Crippen LogP contribution in [0.25, 0.3) is 0 Å². The van der Waals surface area contributed by atoms with E-state index in [0.29, 0.717) is 12.1 Å². The molecule has 0 aliphatic carbocycles. The van der Waals surface area contributed by atoms with Gasteiger partial charge in [-0.3, -0.25) is 4.90 Å². The van der Waals surface area contributed by atoms with E-state index in [9.17, 15) is 0 Å². The first-order chi connectivity index (χ1) is 8.65. The van der Waals surface area contributed by atoms with Gasteiger partial charge in [0.25, 0.3) is 0 Å². The SMILES string of the molecule is CCCC(CNC(C)C)N(CCOC)CCOC. The zero-order valence-electron chi connectivity index (χ0n) is 12.9. The molecule has 0 aliphatic rings. The molecule has 0 rings (SSSR count). The van der Waals surface area contributed by atoms with E-state index in [0.717, 1.165) is 32.8 Å². The second-order valence-corrected chi connectivity index (χ2v) is 5.03. The van der Waals surface area contributed by atoms with Gasteiger partial charge in [-0.1, -0.05) is 27.2 Å². The van der Waals surface area contributed by atoms with Crippen molar-refractivity contribution >= 4 is 0 Å². The van der Waals surface area contributed by atoms with Crippen molar-refractivity contribution in [2.24, 2.45) is 0 Å². The minimum atomic E-state index is 0.538. The van der Waals surface area contributed by atoms with Crippen molar-refractivity contribution in [1.29, 1.82) is 0 Å². The van der Waals surface area contributed by atoms with Gasteiger partial charge in [0.05, 0.1) is 13.2 Å². The highest BCUT2D eigenvalue weighted by Crippen LogP contribution is 2.07. The second kappa shape index (κ2) is 11.9. The van der Waals surface area contributed by atoms with Crippen LogP contribution in [0.3, 0.4) is 0 Å². The summed E-state index contributed by atoms with van der Waals surface area (Å²) in [6, 6.07) is 1.11. The molecular formula is C14H32N2O2. The fourth-order valence-electron chi connectivity index (χ4n) is 2.01. The third-order valence-electron chi connectivity index (χ3n) is 3.07. The Balaban J connectivity index is 4.30. The van der Waals surface area contributed by atoms with E-state index < -0.39 is 0 Å². The third kappa shape index (κ3) is 8.86. The number of ether oxygens (including phenoxy) is 2. The fraction of sp³-hybridized carbons (Fsp3) is 1.00. The quantitative estimate of drug-likeness (QED) is 0.579. The molecule has 110 valence electrons. The van der Waals surface area contributed by atoms with Crippen molar-refractivity contribution in [3.8, 4) is 0 Å². The molecule has 0 saturated carbocycles. The molecule has 4 nitrogen and oxygen atoms in total. The highest BCUT2D eigenvalue weighted by atomic mass is 16.5. The standard InChI is InChI=1S/C14H32N2O2/c1-6-7-14(12-15-13(2)3)16(8-10-17-4)9-11-18-5/h13-15H,6-12H2,1-5H3. The Morgan fingerprint density at radius 3 is 2.00 bits per heavy atom. The Kier molecular flexibility index (Phi) is 11.8. The number of nitrogens with one attached hydrogen (secondary N) is 1. The van der Waals surface area contributed by atoms with Gasteiger partial charge in [-0.05, 0) is 6.42 Å². The molecule has 0 aromatic heterocycles. The zero-order valence-corrected chi connectivity index (χ0v) is 12.9. The lowest BCUT2D eigenvalue weighted by molar-refractivity contribution is 0.0828. The Morgan fingerprint density at radius 1 is 1.06 bits per heavy atom. The van der Waals surface area contributed by atoms with Gasteiger partial charge in [0.1, 0.15) is 0 Å². The van der Waals surface area contributed by atoms with Crippen LogP contribution in [0.15, 0.2) is 0 Å². The molecule has 1 atom stereocenters. The molecule has 1 unspecified atom stereocenters. The van der Waals surface area contributed by atoms with Crippen molar-refractivity contribution in [2.75, 3.05) is 47.1 Å². The van der Waals surface area contributed by atoms with Crippen molar-refractivity contribution in [3.63, 3.8) is 0 Å². The van der Waals surface area contributed by atoms with Crippen LogP contribution in [0.5, 0.6) is 0 Å². The van der Waals surface area contributed by atoms with Gasteiger partial charge in [-0.25, -0.2) is 0 Å². The Labute approximate surface area is 113 Å².